The highest BCUT2D eigenvalue weighted by molar-refractivity contribution is 9.10. The fourth-order valence-electron chi connectivity index (χ4n) is 1.22. The Balaban J connectivity index is 2.81. The van der Waals surface area contributed by atoms with Crippen molar-refractivity contribution < 1.29 is 18.3 Å². The predicted molar refractivity (Wildman–Crippen MR) is 72.2 cm³/mol. The van der Waals surface area contributed by atoms with Gasteiger partial charge in [-0.3, -0.25) is 0 Å². The summed E-state index contributed by atoms with van der Waals surface area (Å²) in [5.74, 6) is -0.130. The number of anilines is 1. The van der Waals surface area contributed by atoms with Crippen molar-refractivity contribution in [1.29, 1.82) is 0 Å². The maximum absolute atomic E-state index is 12.0. The maximum Gasteiger partial charge on any atom is 0.404 e. The summed E-state index contributed by atoms with van der Waals surface area (Å²) < 4.78 is 26.7. The molecule has 0 fully saturated rings. The smallest absolute Gasteiger partial charge is 0.404 e. The molecule has 0 bridgehead atoms. The van der Waals surface area contributed by atoms with Gasteiger partial charge in [0.1, 0.15) is 10.7 Å². The summed E-state index contributed by atoms with van der Waals surface area (Å²) in [5.41, 5.74) is 5.50. The molecule has 1 atom stereocenters. The zero-order chi connectivity index (χ0) is 14.6. The van der Waals surface area contributed by atoms with Crippen molar-refractivity contribution in [2.75, 3.05) is 12.3 Å². The lowest BCUT2D eigenvalue weighted by Crippen LogP contribution is -2.41. The van der Waals surface area contributed by atoms with Gasteiger partial charge in [0.05, 0.1) is 0 Å². The third kappa shape index (κ3) is 4.65. The maximum atomic E-state index is 12.0. The SMILES string of the molecule is CC(CNS(=O)(=O)c1cc(Br)cnc1N)NC(=O)O. The highest BCUT2D eigenvalue weighted by Crippen LogP contribution is 2.20. The van der Waals surface area contributed by atoms with E-state index in [-0.39, 0.29) is 17.3 Å². The molecule has 5 N–H and O–H groups in total. The van der Waals surface area contributed by atoms with Gasteiger partial charge in [-0.15, -0.1) is 0 Å². The quantitative estimate of drug-likeness (QED) is 0.604. The number of hydrogen-bond donors (Lipinski definition) is 4. The van der Waals surface area contributed by atoms with Crippen molar-refractivity contribution in [2.45, 2.75) is 17.9 Å². The minimum atomic E-state index is -3.84. The van der Waals surface area contributed by atoms with Crippen molar-refractivity contribution in [3.63, 3.8) is 0 Å². The van der Waals surface area contributed by atoms with Crippen LogP contribution < -0.4 is 15.8 Å². The van der Waals surface area contributed by atoms with Crippen molar-refractivity contribution in [3.8, 4) is 0 Å². The number of nitrogen functional groups attached to an aromatic ring is 1. The first-order valence-electron chi connectivity index (χ1n) is 5.12. The number of nitrogens with one attached hydrogen (secondary N) is 2. The van der Waals surface area contributed by atoms with E-state index in [1.807, 2.05) is 0 Å². The number of carboxylic acid groups (broad SMARTS) is 1. The van der Waals surface area contributed by atoms with Crippen LogP contribution in [0.2, 0.25) is 0 Å². The highest BCUT2D eigenvalue weighted by Gasteiger charge is 2.19. The monoisotopic (exact) mass is 352 g/mol. The summed E-state index contributed by atoms with van der Waals surface area (Å²) in [6, 6.07) is 0.744. The first-order valence-corrected chi connectivity index (χ1v) is 7.40. The van der Waals surface area contributed by atoms with Crippen molar-refractivity contribution in [2.24, 2.45) is 0 Å². The molecule has 19 heavy (non-hydrogen) atoms. The van der Waals surface area contributed by atoms with Gasteiger partial charge in [-0.2, -0.15) is 0 Å². The second-order valence-electron chi connectivity index (χ2n) is 3.74. The van der Waals surface area contributed by atoms with Crippen LogP contribution in [0.15, 0.2) is 21.6 Å². The number of halogens is 1. The largest absolute Gasteiger partial charge is 0.465 e. The summed E-state index contributed by atoms with van der Waals surface area (Å²) in [7, 11) is -3.84. The molecule has 0 spiro atoms. The number of carbonyl (C=O) groups is 1. The number of aromatic nitrogens is 1. The van der Waals surface area contributed by atoms with E-state index < -0.39 is 22.2 Å². The van der Waals surface area contributed by atoms with Gasteiger partial charge in [0.25, 0.3) is 0 Å². The van der Waals surface area contributed by atoms with Crippen molar-refractivity contribution in [3.05, 3.63) is 16.7 Å². The molecule has 1 unspecified atom stereocenters. The Kier molecular flexibility index (Phi) is 5.09. The molecule has 10 heteroatoms. The van der Waals surface area contributed by atoms with Crippen LogP contribution in [0.4, 0.5) is 10.6 Å². The van der Waals surface area contributed by atoms with E-state index in [4.69, 9.17) is 10.8 Å². The van der Waals surface area contributed by atoms with Gasteiger partial charge in [-0.05, 0) is 28.9 Å². The van der Waals surface area contributed by atoms with E-state index in [0.717, 1.165) is 0 Å². The topological polar surface area (TPSA) is 134 Å². The summed E-state index contributed by atoms with van der Waals surface area (Å²) in [6.07, 6.45) is 0.151. The second kappa shape index (κ2) is 6.17. The molecule has 106 valence electrons. The van der Waals surface area contributed by atoms with Gasteiger partial charge in [-0.1, -0.05) is 0 Å². The number of pyridine rings is 1. The van der Waals surface area contributed by atoms with Gasteiger partial charge >= 0.3 is 6.09 Å². The Labute approximate surface area is 118 Å². The molecule has 0 radical (unpaired) electrons. The molecule has 0 saturated carbocycles. The number of hydrogen-bond acceptors (Lipinski definition) is 5. The first kappa shape index (κ1) is 15.7. The van der Waals surface area contributed by atoms with Crippen LogP contribution in [0.25, 0.3) is 0 Å². The zero-order valence-corrected chi connectivity index (χ0v) is 12.3. The Bertz CT molecular complexity index is 578. The van der Waals surface area contributed by atoms with Gasteiger partial charge < -0.3 is 16.2 Å². The number of amides is 1. The van der Waals surface area contributed by atoms with E-state index in [1.54, 1.807) is 0 Å². The van der Waals surface area contributed by atoms with Crippen LogP contribution in [0.5, 0.6) is 0 Å². The zero-order valence-electron chi connectivity index (χ0n) is 9.92. The third-order valence-corrected chi connectivity index (χ3v) is 3.97. The number of rotatable bonds is 5. The molecule has 0 aliphatic rings. The molecule has 1 amide bonds. The van der Waals surface area contributed by atoms with Crippen LogP contribution in [0, 0.1) is 0 Å². The van der Waals surface area contributed by atoms with E-state index in [2.05, 4.69) is 31.0 Å². The minimum Gasteiger partial charge on any atom is -0.465 e. The average molecular weight is 353 g/mol. The van der Waals surface area contributed by atoms with Crippen LogP contribution in [0.1, 0.15) is 6.92 Å². The summed E-state index contributed by atoms with van der Waals surface area (Å²) >= 11 is 3.10. The minimum absolute atomic E-state index is 0.0966. The molecule has 0 aliphatic heterocycles. The van der Waals surface area contributed by atoms with Gasteiger partial charge in [0, 0.05) is 23.3 Å². The highest BCUT2D eigenvalue weighted by atomic mass is 79.9. The lowest BCUT2D eigenvalue weighted by molar-refractivity contribution is 0.191. The van der Waals surface area contributed by atoms with Crippen LogP contribution in [-0.4, -0.2) is 37.2 Å². The lowest BCUT2D eigenvalue weighted by Gasteiger charge is -2.13. The summed E-state index contributed by atoms with van der Waals surface area (Å²) in [4.78, 5) is 13.9. The molecule has 1 rings (SSSR count). The summed E-state index contributed by atoms with van der Waals surface area (Å²) in [5, 5.41) is 10.6. The fraction of sp³-hybridized carbons (Fsp3) is 0.333. The van der Waals surface area contributed by atoms with E-state index in [0.29, 0.717) is 4.47 Å². The van der Waals surface area contributed by atoms with Crippen LogP contribution in [-0.2, 0) is 10.0 Å². The number of nitrogens with zero attached hydrogens (tertiary/aromatic N) is 1. The summed E-state index contributed by atoms with van der Waals surface area (Å²) in [6.45, 7) is 1.43. The Morgan fingerprint density at radius 3 is 2.84 bits per heavy atom. The van der Waals surface area contributed by atoms with Crippen molar-refractivity contribution >= 4 is 37.9 Å². The standard InChI is InChI=1S/C9H13BrN4O4S/c1-5(14-9(15)16)3-13-19(17,18)7-2-6(10)4-12-8(7)11/h2,4-5,13-14H,3H2,1H3,(H2,11,12)(H,15,16). The van der Waals surface area contributed by atoms with Crippen LogP contribution >= 0.6 is 15.9 Å². The lowest BCUT2D eigenvalue weighted by atomic mass is 10.3. The fourth-order valence-corrected chi connectivity index (χ4v) is 2.94. The number of nitrogens with two attached hydrogens (primary N) is 1. The molecule has 0 aromatic carbocycles. The molecular weight excluding hydrogens is 340 g/mol. The number of sulfonamides is 1. The Hall–Kier alpha value is -1.39. The second-order valence-corrected chi connectivity index (χ2v) is 6.39. The van der Waals surface area contributed by atoms with E-state index in [9.17, 15) is 13.2 Å². The van der Waals surface area contributed by atoms with Crippen molar-refractivity contribution in [1.82, 2.24) is 15.0 Å². The Morgan fingerprint density at radius 2 is 2.26 bits per heavy atom. The molecule has 0 saturated heterocycles. The molecule has 8 nitrogen and oxygen atoms in total. The molecule has 0 aliphatic carbocycles. The van der Waals surface area contributed by atoms with Gasteiger partial charge in [-0.25, -0.2) is 22.9 Å². The normalized spacial score (nSPS) is 12.9. The predicted octanol–water partition coefficient (Wildman–Crippen LogP) is 0.361. The molecular formula is C9H13BrN4O4S. The van der Waals surface area contributed by atoms with E-state index in [1.165, 1.54) is 19.2 Å². The van der Waals surface area contributed by atoms with Gasteiger partial charge in [0.15, 0.2) is 0 Å². The first-order chi connectivity index (χ1) is 8.72. The Morgan fingerprint density at radius 1 is 1.63 bits per heavy atom. The third-order valence-electron chi connectivity index (χ3n) is 2.09. The van der Waals surface area contributed by atoms with E-state index >= 15 is 0 Å². The average Bonchev–Trinajstić information content (AvgIpc) is 2.29. The molecule has 1 heterocycles. The van der Waals surface area contributed by atoms with Crippen LogP contribution in [0.3, 0.4) is 0 Å². The molecule has 1 aromatic heterocycles. The molecule has 1 aromatic rings. The van der Waals surface area contributed by atoms with Gasteiger partial charge in [0.2, 0.25) is 10.0 Å².